The number of rotatable bonds is 3. The van der Waals surface area contributed by atoms with Crippen LogP contribution in [-0.4, -0.2) is 22.0 Å². The van der Waals surface area contributed by atoms with E-state index in [9.17, 15) is 4.79 Å². The smallest absolute Gasteiger partial charge is 0.338 e. The van der Waals surface area contributed by atoms with Gasteiger partial charge in [-0.1, -0.05) is 12.1 Å². The summed E-state index contributed by atoms with van der Waals surface area (Å²) in [6.45, 7) is 5.75. The van der Waals surface area contributed by atoms with Gasteiger partial charge in [0, 0.05) is 11.6 Å². The minimum Gasteiger partial charge on any atom is -0.459 e. The number of ether oxygens (including phenoxy) is 1. The number of pyridine rings is 1. The SMILES string of the molecule is Cc1c(-c2ccc(C(=O)OC(C)C)cc2)[nH]c2ncccc12. The van der Waals surface area contributed by atoms with Gasteiger partial charge in [-0.25, -0.2) is 9.78 Å². The van der Waals surface area contributed by atoms with Crippen LogP contribution in [0.15, 0.2) is 42.6 Å². The molecule has 0 radical (unpaired) electrons. The topological polar surface area (TPSA) is 55.0 Å². The lowest BCUT2D eigenvalue weighted by Gasteiger charge is -2.08. The maximum atomic E-state index is 11.9. The number of hydrogen-bond acceptors (Lipinski definition) is 3. The Hall–Kier alpha value is -2.62. The van der Waals surface area contributed by atoms with Crippen molar-refractivity contribution in [3.63, 3.8) is 0 Å². The van der Waals surface area contributed by atoms with Gasteiger partial charge < -0.3 is 9.72 Å². The zero-order valence-electron chi connectivity index (χ0n) is 12.9. The molecule has 0 aliphatic rings. The zero-order valence-corrected chi connectivity index (χ0v) is 12.9. The standard InChI is InChI=1S/C18H18N2O2/c1-11(2)22-18(21)14-8-6-13(7-9-14)16-12(3)15-5-4-10-19-17(15)20-16/h4-11H,1-3H3,(H,19,20). The van der Waals surface area contributed by atoms with Gasteiger partial charge in [0.25, 0.3) is 0 Å². The van der Waals surface area contributed by atoms with Crippen molar-refractivity contribution in [1.29, 1.82) is 0 Å². The molecular formula is C18H18N2O2. The number of aromatic nitrogens is 2. The Morgan fingerprint density at radius 1 is 1.18 bits per heavy atom. The first-order chi connectivity index (χ1) is 10.6. The van der Waals surface area contributed by atoms with Crippen LogP contribution in [0.3, 0.4) is 0 Å². The van der Waals surface area contributed by atoms with Gasteiger partial charge in [0.2, 0.25) is 0 Å². The lowest BCUT2D eigenvalue weighted by atomic mass is 10.1. The van der Waals surface area contributed by atoms with Crippen molar-refractivity contribution in [3.8, 4) is 11.3 Å². The summed E-state index contributed by atoms with van der Waals surface area (Å²) in [4.78, 5) is 19.5. The molecule has 2 heterocycles. The average Bonchev–Trinajstić information content (AvgIpc) is 2.84. The fraction of sp³-hybridized carbons (Fsp3) is 0.222. The Morgan fingerprint density at radius 2 is 1.91 bits per heavy atom. The molecule has 1 N–H and O–H groups in total. The number of nitrogens with one attached hydrogen (secondary N) is 1. The van der Waals surface area contributed by atoms with Gasteiger partial charge >= 0.3 is 5.97 Å². The minimum atomic E-state index is -0.295. The Balaban J connectivity index is 1.95. The first-order valence-electron chi connectivity index (χ1n) is 7.31. The van der Waals surface area contributed by atoms with Crippen molar-refractivity contribution in [2.75, 3.05) is 0 Å². The number of carbonyl (C=O) groups excluding carboxylic acids is 1. The Morgan fingerprint density at radius 3 is 2.55 bits per heavy atom. The largest absolute Gasteiger partial charge is 0.459 e. The molecule has 1 aromatic carbocycles. The summed E-state index contributed by atoms with van der Waals surface area (Å²) in [5.74, 6) is -0.295. The zero-order chi connectivity index (χ0) is 15.7. The van der Waals surface area contributed by atoms with Crippen LogP contribution in [0.4, 0.5) is 0 Å². The molecule has 4 heteroatoms. The van der Waals surface area contributed by atoms with E-state index in [0.29, 0.717) is 5.56 Å². The van der Waals surface area contributed by atoms with Crippen molar-refractivity contribution in [1.82, 2.24) is 9.97 Å². The lowest BCUT2D eigenvalue weighted by Crippen LogP contribution is -2.11. The third kappa shape index (κ3) is 2.60. The second-order valence-corrected chi connectivity index (χ2v) is 5.56. The molecular weight excluding hydrogens is 276 g/mol. The summed E-state index contributed by atoms with van der Waals surface area (Å²) in [6, 6.07) is 11.4. The van der Waals surface area contributed by atoms with E-state index in [4.69, 9.17) is 4.74 Å². The number of esters is 1. The molecule has 0 fully saturated rings. The summed E-state index contributed by atoms with van der Waals surface area (Å²) in [5, 5.41) is 1.11. The number of hydrogen-bond donors (Lipinski definition) is 1. The third-order valence-electron chi connectivity index (χ3n) is 3.58. The maximum absolute atomic E-state index is 11.9. The summed E-state index contributed by atoms with van der Waals surface area (Å²) < 4.78 is 5.20. The molecule has 4 nitrogen and oxygen atoms in total. The summed E-state index contributed by atoms with van der Waals surface area (Å²) in [7, 11) is 0. The van der Waals surface area contributed by atoms with Gasteiger partial charge in [-0.15, -0.1) is 0 Å². The van der Waals surface area contributed by atoms with Crippen molar-refractivity contribution in [2.24, 2.45) is 0 Å². The van der Waals surface area contributed by atoms with E-state index in [2.05, 4.69) is 16.9 Å². The molecule has 0 unspecified atom stereocenters. The molecule has 22 heavy (non-hydrogen) atoms. The second-order valence-electron chi connectivity index (χ2n) is 5.56. The van der Waals surface area contributed by atoms with Gasteiger partial charge in [0.15, 0.2) is 0 Å². The number of carbonyl (C=O) groups is 1. The fourth-order valence-corrected chi connectivity index (χ4v) is 2.50. The lowest BCUT2D eigenvalue weighted by molar-refractivity contribution is 0.0378. The van der Waals surface area contributed by atoms with E-state index in [1.807, 2.05) is 38.1 Å². The Kier molecular flexibility index (Phi) is 3.67. The summed E-state index contributed by atoms with van der Waals surface area (Å²) >= 11 is 0. The number of fused-ring (bicyclic) bond motifs is 1. The Labute approximate surface area is 129 Å². The van der Waals surface area contributed by atoms with Crippen molar-refractivity contribution < 1.29 is 9.53 Å². The molecule has 0 spiro atoms. The predicted octanol–water partition coefficient (Wildman–Crippen LogP) is 4.10. The van der Waals surface area contributed by atoms with Gasteiger partial charge in [-0.2, -0.15) is 0 Å². The van der Waals surface area contributed by atoms with Crippen molar-refractivity contribution in [3.05, 3.63) is 53.7 Å². The number of aryl methyl sites for hydroxylation is 1. The fourth-order valence-electron chi connectivity index (χ4n) is 2.50. The first-order valence-corrected chi connectivity index (χ1v) is 7.31. The van der Waals surface area contributed by atoms with Crippen LogP contribution in [-0.2, 0) is 4.74 Å². The van der Waals surface area contributed by atoms with Gasteiger partial charge in [0.1, 0.15) is 5.65 Å². The van der Waals surface area contributed by atoms with E-state index < -0.39 is 0 Å². The number of H-pyrrole nitrogens is 1. The monoisotopic (exact) mass is 294 g/mol. The molecule has 3 aromatic rings. The average molecular weight is 294 g/mol. The normalized spacial score (nSPS) is 11.1. The van der Waals surface area contributed by atoms with Crippen molar-refractivity contribution in [2.45, 2.75) is 26.9 Å². The molecule has 0 aliphatic heterocycles. The van der Waals surface area contributed by atoms with Gasteiger partial charge in [0.05, 0.1) is 17.4 Å². The molecule has 2 aromatic heterocycles. The predicted molar refractivity (Wildman–Crippen MR) is 86.8 cm³/mol. The Bertz CT molecular complexity index is 817. The first kappa shape index (κ1) is 14.3. The van der Waals surface area contributed by atoms with Crippen molar-refractivity contribution >= 4 is 17.0 Å². The number of benzene rings is 1. The summed E-state index contributed by atoms with van der Waals surface area (Å²) in [5.41, 5.74) is 4.64. The van der Waals surface area contributed by atoms with Crippen LogP contribution in [0.2, 0.25) is 0 Å². The summed E-state index contributed by atoms with van der Waals surface area (Å²) in [6.07, 6.45) is 1.65. The molecule has 0 atom stereocenters. The minimum absolute atomic E-state index is 0.116. The molecule has 0 amide bonds. The number of nitrogens with zero attached hydrogens (tertiary/aromatic N) is 1. The van der Waals surface area contributed by atoms with Crippen LogP contribution < -0.4 is 0 Å². The van der Waals surface area contributed by atoms with E-state index in [0.717, 1.165) is 27.9 Å². The third-order valence-corrected chi connectivity index (χ3v) is 3.58. The highest BCUT2D eigenvalue weighted by Gasteiger charge is 2.12. The molecule has 0 aliphatic carbocycles. The van der Waals surface area contributed by atoms with Crippen LogP contribution in [0, 0.1) is 6.92 Å². The molecule has 112 valence electrons. The highest BCUT2D eigenvalue weighted by molar-refractivity contribution is 5.91. The second kappa shape index (κ2) is 5.64. The van der Waals surface area contributed by atoms with Crippen LogP contribution in [0.5, 0.6) is 0 Å². The van der Waals surface area contributed by atoms with Crippen LogP contribution >= 0.6 is 0 Å². The molecule has 0 bridgehead atoms. The number of aromatic amines is 1. The highest BCUT2D eigenvalue weighted by Crippen LogP contribution is 2.28. The highest BCUT2D eigenvalue weighted by atomic mass is 16.5. The van der Waals surface area contributed by atoms with Crippen LogP contribution in [0.25, 0.3) is 22.3 Å². The van der Waals surface area contributed by atoms with E-state index in [-0.39, 0.29) is 12.1 Å². The maximum Gasteiger partial charge on any atom is 0.338 e. The molecule has 3 rings (SSSR count). The van der Waals surface area contributed by atoms with E-state index in [1.54, 1.807) is 18.3 Å². The molecule has 0 saturated carbocycles. The van der Waals surface area contributed by atoms with Crippen LogP contribution in [0.1, 0.15) is 29.8 Å². The quantitative estimate of drug-likeness (QED) is 0.740. The van der Waals surface area contributed by atoms with Gasteiger partial charge in [-0.3, -0.25) is 0 Å². The van der Waals surface area contributed by atoms with Gasteiger partial charge in [-0.05, 0) is 56.2 Å². The van der Waals surface area contributed by atoms with E-state index >= 15 is 0 Å². The van der Waals surface area contributed by atoms with E-state index in [1.165, 1.54) is 0 Å². The molecule has 0 saturated heterocycles.